The molecule has 0 atom stereocenters. The molecule has 3 aromatic carbocycles. The van der Waals surface area contributed by atoms with Crippen LogP contribution in [-0.2, 0) is 19.7 Å². The third kappa shape index (κ3) is 8.21. The average molecular weight is 504 g/mol. The van der Waals surface area contributed by atoms with Crippen molar-refractivity contribution in [2.24, 2.45) is 0 Å². The number of methoxy groups -OCH3 is 1. The minimum absolute atomic E-state index is 0. The Labute approximate surface area is 216 Å². The Balaban J connectivity index is 0.00000204. The van der Waals surface area contributed by atoms with Crippen LogP contribution < -0.4 is 14.8 Å². The molecule has 3 aromatic rings. The first-order chi connectivity index (χ1) is 15.7. The summed E-state index contributed by atoms with van der Waals surface area (Å²) in [4.78, 5) is 2.55. The fourth-order valence-corrected chi connectivity index (χ4v) is 4.30. The lowest BCUT2D eigenvalue weighted by molar-refractivity contribution is 0.190. The average Bonchev–Trinajstić information content (AvgIpc) is 2.83. The van der Waals surface area contributed by atoms with Gasteiger partial charge in [-0.05, 0) is 61.7 Å². The fraction of sp³-hybridized carbons (Fsp3) is 0.357. The van der Waals surface area contributed by atoms with Crippen LogP contribution in [0.3, 0.4) is 0 Å². The van der Waals surface area contributed by atoms with E-state index < -0.39 is 0 Å². The molecule has 1 aliphatic heterocycles. The third-order valence-electron chi connectivity index (χ3n) is 6.14. The molecule has 1 aliphatic rings. The van der Waals surface area contributed by atoms with Gasteiger partial charge in [-0.1, -0.05) is 66.2 Å². The van der Waals surface area contributed by atoms with E-state index in [4.69, 9.17) is 9.47 Å². The largest absolute Gasteiger partial charge is 0.493 e. The number of hydrogen-bond acceptors (Lipinski definition) is 4. The SMILES string of the molecule is COc1cc(CNC2CCN(Cc3ccccc3)CC2)ccc1OCc1cccc(C)c1.Cl.Cl. The highest BCUT2D eigenvalue weighted by Crippen LogP contribution is 2.29. The maximum Gasteiger partial charge on any atom is 0.161 e. The quantitative estimate of drug-likeness (QED) is 0.378. The van der Waals surface area contributed by atoms with Crippen molar-refractivity contribution < 1.29 is 9.47 Å². The van der Waals surface area contributed by atoms with Crippen LogP contribution in [-0.4, -0.2) is 31.1 Å². The van der Waals surface area contributed by atoms with Crippen molar-refractivity contribution in [1.82, 2.24) is 10.2 Å². The molecule has 1 heterocycles. The maximum absolute atomic E-state index is 6.03. The summed E-state index contributed by atoms with van der Waals surface area (Å²) in [5.74, 6) is 1.57. The zero-order valence-electron chi connectivity index (χ0n) is 20.0. The molecule has 1 saturated heterocycles. The molecule has 0 spiro atoms. The summed E-state index contributed by atoms with van der Waals surface area (Å²) in [7, 11) is 1.70. The van der Waals surface area contributed by atoms with Gasteiger partial charge in [-0.2, -0.15) is 0 Å². The topological polar surface area (TPSA) is 33.7 Å². The van der Waals surface area contributed by atoms with E-state index in [0.717, 1.165) is 43.2 Å². The van der Waals surface area contributed by atoms with Crippen molar-refractivity contribution in [3.05, 3.63) is 95.1 Å². The van der Waals surface area contributed by atoms with Gasteiger partial charge < -0.3 is 14.8 Å². The number of halogens is 2. The molecule has 4 nitrogen and oxygen atoms in total. The van der Waals surface area contributed by atoms with E-state index in [1.54, 1.807) is 7.11 Å². The Kier molecular flexibility index (Phi) is 11.7. The van der Waals surface area contributed by atoms with Crippen LogP contribution in [0.4, 0.5) is 0 Å². The van der Waals surface area contributed by atoms with Gasteiger partial charge in [0.2, 0.25) is 0 Å². The van der Waals surface area contributed by atoms with E-state index in [-0.39, 0.29) is 24.8 Å². The number of likely N-dealkylation sites (tertiary alicyclic amines) is 1. The second kappa shape index (κ2) is 14.2. The fourth-order valence-electron chi connectivity index (χ4n) is 4.30. The van der Waals surface area contributed by atoms with Crippen molar-refractivity contribution in [3.63, 3.8) is 0 Å². The maximum atomic E-state index is 6.03. The first-order valence-corrected chi connectivity index (χ1v) is 11.5. The summed E-state index contributed by atoms with van der Waals surface area (Å²) in [5.41, 5.74) is 5.02. The van der Waals surface area contributed by atoms with E-state index in [1.807, 2.05) is 6.07 Å². The molecule has 34 heavy (non-hydrogen) atoms. The second-order valence-electron chi connectivity index (χ2n) is 8.68. The molecule has 6 heteroatoms. The van der Waals surface area contributed by atoms with E-state index in [2.05, 4.69) is 83.9 Å². The van der Waals surface area contributed by atoms with Gasteiger partial charge in [-0.3, -0.25) is 4.90 Å². The Bertz CT molecular complexity index is 993. The van der Waals surface area contributed by atoms with Gasteiger partial charge in [-0.25, -0.2) is 0 Å². The predicted molar refractivity (Wildman–Crippen MR) is 145 cm³/mol. The van der Waals surface area contributed by atoms with Crippen LogP contribution in [0.15, 0.2) is 72.8 Å². The summed E-state index contributed by atoms with van der Waals surface area (Å²) in [6.45, 7) is 6.81. The van der Waals surface area contributed by atoms with Gasteiger partial charge in [0.1, 0.15) is 6.61 Å². The molecule has 184 valence electrons. The van der Waals surface area contributed by atoms with E-state index >= 15 is 0 Å². The summed E-state index contributed by atoms with van der Waals surface area (Å²) < 4.78 is 11.6. The van der Waals surface area contributed by atoms with Crippen molar-refractivity contribution >= 4 is 24.8 Å². The van der Waals surface area contributed by atoms with Gasteiger partial charge in [0, 0.05) is 19.1 Å². The van der Waals surface area contributed by atoms with Crippen LogP contribution in [0.5, 0.6) is 11.5 Å². The second-order valence-corrected chi connectivity index (χ2v) is 8.68. The number of nitrogens with one attached hydrogen (secondary N) is 1. The zero-order valence-corrected chi connectivity index (χ0v) is 21.7. The molecule has 4 rings (SSSR count). The van der Waals surface area contributed by atoms with E-state index in [9.17, 15) is 0 Å². The third-order valence-corrected chi connectivity index (χ3v) is 6.14. The smallest absolute Gasteiger partial charge is 0.161 e. The van der Waals surface area contributed by atoms with Crippen molar-refractivity contribution in [2.45, 2.75) is 45.5 Å². The lowest BCUT2D eigenvalue weighted by atomic mass is 10.0. The number of aryl methyl sites for hydroxylation is 1. The van der Waals surface area contributed by atoms with Crippen LogP contribution in [0, 0.1) is 6.92 Å². The van der Waals surface area contributed by atoms with Gasteiger partial charge >= 0.3 is 0 Å². The van der Waals surface area contributed by atoms with Crippen molar-refractivity contribution in [1.29, 1.82) is 0 Å². The molecule has 0 unspecified atom stereocenters. The van der Waals surface area contributed by atoms with Crippen LogP contribution >= 0.6 is 24.8 Å². The zero-order chi connectivity index (χ0) is 22.2. The number of ether oxygens (including phenoxy) is 2. The molecule has 0 amide bonds. The van der Waals surface area contributed by atoms with Gasteiger partial charge in [-0.15, -0.1) is 24.8 Å². The Morgan fingerprint density at radius 3 is 2.26 bits per heavy atom. The molecule has 0 saturated carbocycles. The van der Waals surface area contributed by atoms with Crippen LogP contribution in [0.1, 0.15) is 35.1 Å². The first kappa shape index (κ1) is 28.0. The monoisotopic (exact) mass is 502 g/mol. The normalized spacial score (nSPS) is 14.1. The minimum atomic E-state index is 0. The molecule has 1 N–H and O–H groups in total. The molecular weight excluding hydrogens is 467 g/mol. The van der Waals surface area contributed by atoms with E-state index in [0.29, 0.717) is 12.6 Å². The lowest BCUT2D eigenvalue weighted by Gasteiger charge is -2.32. The number of benzene rings is 3. The molecular formula is C28H36Cl2N2O2. The summed E-state index contributed by atoms with van der Waals surface area (Å²) in [5, 5.41) is 3.73. The van der Waals surface area contributed by atoms with Crippen molar-refractivity contribution in [2.75, 3.05) is 20.2 Å². The van der Waals surface area contributed by atoms with E-state index in [1.165, 1.54) is 29.5 Å². The minimum Gasteiger partial charge on any atom is -0.493 e. The molecule has 0 aromatic heterocycles. The highest BCUT2D eigenvalue weighted by molar-refractivity contribution is 5.85. The molecule has 0 bridgehead atoms. The first-order valence-electron chi connectivity index (χ1n) is 11.5. The predicted octanol–water partition coefficient (Wildman–Crippen LogP) is 6.18. The summed E-state index contributed by atoms with van der Waals surface area (Å²) in [6, 6.07) is 25.9. The van der Waals surface area contributed by atoms with Crippen LogP contribution in [0.25, 0.3) is 0 Å². The highest BCUT2D eigenvalue weighted by atomic mass is 35.5. The van der Waals surface area contributed by atoms with Gasteiger partial charge in [0.25, 0.3) is 0 Å². The van der Waals surface area contributed by atoms with Gasteiger partial charge in [0.15, 0.2) is 11.5 Å². The Morgan fingerprint density at radius 2 is 1.56 bits per heavy atom. The lowest BCUT2D eigenvalue weighted by Crippen LogP contribution is -2.41. The standard InChI is InChI=1S/C28H34N2O2.2ClH/c1-22-7-6-10-25(17-22)21-32-27-12-11-24(18-28(27)31-2)19-29-26-13-15-30(16-14-26)20-23-8-4-3-5-9-23;;/h3-12,17-18,26,29H,13-16,19-21H2,1-2H3;2*1H. The molecule has 0 aliphatic carbocycles. The Morgan fingerprint density at radius 1 is 0.824 bits per heavy atom. The summed E-state index contributed by atoms with van der Waals surface area (Å²) >= 11 is 0. The highest BCUT2D eigenvalue weighted by Gasteiger charge is 2.19. The Hall–Kier alpha value is -2.24. The number of rotatable bonds is 9. The van der Waals surface area contributed by atoms with Gasteiger partial charge in [0.05, 0.1) is 7.11 Å². The van der Waals surface area contributed by atoms with Crippen LogP contribution in [0.2, 0.25) is 0 Å². The van der Waals surface area contributed by atoms with Crippen molar-refractivity contribution in [3.8, 4) is 11.5 Å². The number of piperidine rings is 1. The number of nitrogens with zero attached hydrogens (tertiary/aromatic N) is 1. The molecule has 1 fully saturated rings. The number of hydrogen-bond donors (Lipinski definition) is 1. The summed E-state index contributed by atoms with van der Waals surface area (Å²) in [6.07, 6.45) is 2.36. The molecule has 0 radical (unpaired) electrons.